The van der Waals surface area contributed by atoms with E-state index in [0.717, 1.165) is 43.4 Å². The lowest BCUT2D eigenvalue weighted by atomic mass is 10.0. The van der Waals surface area contributed by atoms with Crippen LogP contribution in [0.5, 0.6) is 0 Å². The van der Waals surface area contributed by atoms with E-state index in [1.165, 1.54) is 29.7 Å². The standard InChI is InChI=1S/C17H25NO2S/c1-18(12-17(20)9-5-6-10-17)16(19)15-11-13-7-3-2-4-8-14(13)21-15/h11,20H,2-10,12H2,1H3. The molecular weight excluding hydrogens is 282 g/mol. The number of likely N-dealkylation sites (N-methyl/N-ethyl adjacent to an activating group) is 1. The second kappa shape index (κ2) is 6.09. The first-order chi connectivity index (χ1) is 10.1. The molecule has 1 saturated carbocycles. The predicted octanol–water partition coefficient (Wildman–Crippen LogP) is 3.39. The molecule has 0 saturated heterocycles. The number of aryl methyl sites for hydroxylation is 2. The Hall–Kier alpha value is -0.870. The molecule has 2 aliphatic rings. The second-order valence-corrected chi connectivity index (χ2v) is 7.85. The van der Waals surface area contributed by atoms with Crippen molar-refractivity contribution in [1.29, 1.82) is 0 Å². The minimum absolute atomic E-state index is 0.0772. The summed E-state index contributed by atoms with van der Waals surface area (Å²) in [4.78, 5) is 16.6. The van der Waals surface area contributed by atoms with Crippen molar-refractivity contribution in [1.82, 2.24) is 4.90 Å². The highest BCUT2D eigenvalue weighted by Gasteiger charge is 2.34. The molecule has 0 atom stereocenters. The molecule has 0 unspecified atom stereocenters. The average Bonchev–Trinajstić information content (AvgIpc) is 2.99. The van der Waals surface area contributed by atoms with Crippen molar-refractivity contribution < 1.29 is 9.90 Å². The lowest BCUT2D eigenvalue weighted by Gasteiger charge is -2.28. The van der Waals surface area contributed by atoms with Crippen LogP contribution < -0.4 is 0 Å². The van der Waals surface area contributed by atoms with Crippen molar-refractivity contribution in [3.63, 3.8) is 0 Å². The van der Waals surface area contributed by atoms with Crippen molar-refractivity contribution in [3.05, 3.63) is 21.4 Å². The van der Waals surface area contributed by atoms with Crippen LogP contribution in [0.2, 0.25) is 0 Å². The van der Waals surface area contributed by atoms with Crippen LogP contribution in [0.15, 0.2) is 6.07 Å². The number of hydrogen-bond donors (Lipinski definition) is 1. The Morgan fingerprint density at radius 3 is 2.71 bits per heavy atom. The SMILES string of the molecule is CN(CC1(O)CCCC1)C(=O)c1cc2c(s1)CCCCC2. The van der Waals surface area contributed by atoms with Gasteiger partial charge >= 0.3 is 0 Å². The normalized spacial score (nSPS) is 20.9. The summed E-state index contributed by atoms with van der Waals surface area (Å²) < 4.78 is 0. The Labute approximate surface area is 131 Å². The summed E-state index contributed by atoms with van der Waals surface area (Å²) in [6.45, 7) is 0.467. The first kappa shape index (κ1) is 15.0. The number of aliphatic hydroxyl groups is 1. The number of rotatable bonds is 3. The van der Waals surface area contributed by atoms with Gasteiger partial charge in [-0.05, 0) is 50.2 Å². The zero-order chi connectivity index (χ0) is 14.9. The van der Waals surface area contributed by atoms with Gasteiger partial charge in [0.2, 0.25) is 0 Å². The molecule has 0 bridgehead atoms. The molecule has 0 radical (unpaired) electrons. The molecule has 21 heavy (non-hydrogen) atoms. The molecule has 1 aromatic rings. The van der Waals surface area contributed by atoms with Crippen LogP contribution >= 0.6 is 11.3 Å². The summed E-state index contributed by atoms with van der Waals surface area (Å²) >= 11 is 1.67. The number of nitrogens with zero attached hydrogens (tertiary/aromatic N) is 1. The summed E-state index contributed by atoms with van der Waals surface area (Å²) in [6, 6.07) is 2.10. The van der Waals surface area contributed by atoms with E-state index in [4.69, 9.17) is 0 Å². The minimum Gasteiger partial charge on any atom is -0.388 e. The van der Waals surface area contributed by atoms with Crippen molar-refractivity contribution >= 4 is 17.2 Å². The van der Waals surface area contributed by atoms with Crippen molar-refractivity contribution in [3.8, 4) is 0 Å². The fourth-order valence-electron chi connectivity index (χ4n) is 3.67. The van der Waals surface area contributed by atoms with E-state index in [9.17, 15) is 9.90 Å². The lowest BCUT2D eigenvalue weighted by molar-refractivity contribution is 0.0158. The number of amides is 1. The molecule has 1 amide bonds. The second-order valence-electron chi connectivity index (χ2n) is 6.71. The minimum atomic E-state index is -0.654. The van der Waals surface area contributed by atoms with E-state index in [2.05, 4.69) is 6.07 Å². The molecule has 116 valence electrons. The molecule has 1 fully saturated rings. The van der Waals surface area contributed by atoms with Crippen LogP contribution in [0.3, 0.4) is 0 Å². The maximum absolute atomic E-state index is 12.6. The maximum Gasteiger partial charge on any atom is 0.263 e. The van der Waals surface area contributed by atoms with Crippen molar-refractivity contribution in [2.45, 2.75) is 63.4 Å². The van der Waals surface area contributed by atoms with Gasteiger partial charge in [-0.3, -0.25) is 4.79 Å². The number of carbonyl (C=O) groups excluding carboxylic acids is 1. The fraction of sp³-hybridized carbons (Fsp3) is 0.706. The highest BCUT2D eigenvalue weighted by Crippen LogP contribution is 2.32. The Balaban J connectivity index is 1.69. The van der Waals surface area contributed by atoms with Gasteiger partial charge in [0.25, 0.3) is 5.91 Å². The summed E-state index contributed by atoms with van der Waals surface area (Å²) in [6.07, 6.45) is 9.84. The molecule has 0 spiro atoms. The summed E-state index contributed by atoms with van der Waals surface area (Å²) in [5.74, 6) is 0.0772. The predicted molar refractivity (Wildman–Crippen MR) is 86.0 cm³/mol. The Kier molecular flexibility index (Phi) is 4.36. The van der Waals surface area contributed by atoms with Crippen LogP contribution in [0, 0.1) is 0 Å². The van der Waals surface area contributed by atoms with E-state index in [-0.39, 0.29) is 5.91 Å². The van der Waals surface area contributed by atoms with E-state index >= 15 is 0 Å². The molecule has 0 aromatic carbocycles. The smallest absolute Gasteiger partial charge is 0.263 e. The first-order valence-corrected chi connectivity index (χ1v) is 8.98. The largest absolute Gasteiger partial charge is 0.388 e. The van der Waals surface area contributed by atoms with Gasteiger partial charge < -0.3 is 10.0 Å². The van der Waals surface area contributed by atoms with Crippen LogP contribution in [0.1, 0.15) is 65.1 Å². The van der Waals surface area contributed by atoms with E-state index in [1.54, 1.807) is 16.2 Å². The molecule has 3 nitrogen and oxygen atoms in total. The highest BCUT2D eigenvalue weighted by atomic mass is 32.1. The van der Waals surface area contributed by atoms with E-state index < -0.39 is 5.60 Å². The van der Waals surface area contributed by atoms with Gasteiger partial charge in [0, 0.05) is 18.5 Å². The molecule has 1 N–H and O–H groups in total. The van der Waals surface area contributed by atoms with Gasteiger partial charge in [0.15, 0.2) is 0 Å². The first-order valence-electron chi connectivity index (χ1n) is 8.17. The van der Waals surface area contributed by atoms with Gasteiger partial charge in [0.1, 0.15) is 0 Å². The third-order valence-electron chi connectivity index (χ3n) is 4.87. The zero-order valence-corrected chi connectivity index (χ0v) is 13.7. The lowest BCUT2D eigenvalue weighted by Crippen LogP contribution is -2.41. The number of fused-ring (bicyclic) bond motifs is 1. The monoisotopic (exact) mass is 307 g/mol. The Morgan fingerprint density at radius 2 is 1.95 bits per heavy atom. The Bertz CT molecular complexity index is 493. The van der Waals surface area contributed by atoms with Crippen LogP contribution in [0.4, 0.5) is 0 Å². The van der Waals surface area contributed by atoms with Gasteiger partial charge in [-0.2, -0.15) is 0 Å². The van der Waals surface area contributed by atoms with Crippen molar-refractivity contribution in [2.75, 3.05) is 13.6 Å². The molecule has 1 aromatic heterocycles. The van der Waals surface area contributed by atoms with Crippen LogP contribution in [0.25, 0.3) is 0 Å². The molecule has 3 rings (SSSR count). The topological polar surface area (TPSA) is 40.5 Å². The van der Waals surface area contributed by atoms with Gasteiger partial charge in [-0.15, -0.1) is 11.3 Å². The van der Waals surface area contributed by atoms with Gasteiger partial charge in [0.05, 0.1) is 10.5 Å². The third-order valence-corrected chi connectivity index (χ3v) is 6.09. The van der Waals surface area contributed by atoms with E-state index in [1.807, 2.05) is 7.05 Å². The summed E-state index contributed by atoms with van der Waals surface area (Å²) in [5, 5.41) is 10.5. The fourth-order valence-corrected chi connectivity index (χ4v) is 4.91. The number of hydrogen-bond acceptors (Lipinski definition) is 3. The third kappa shape index (κ3) is 3.32. The Morgan fingerprint density at radius 1 is 1.24 bits per heavy atom. The molecule has 0 aliphatic heterocycles. The van der Waals surface area contributed by atoms with Crippen molar-refractivity contribution in [2.24, 2.45) is 0 Å². The van der Waals surface area contributed by atoms with Gasteiger partial charge in [-0.1, -0.05) is 19.3 Å². The maximum atomic E-state index is 12.6. The molecule has 4 heteroatoms. The molecular formula is C17H25NO2S. The average molecular weight is 307 g/mol. The quantitative estimate of drug-likeness (QED) is 0.870. The van der Waals surface area contributed by atoms with Gasteiger partial charge in [-0.25, -0.2) is 0 Å². The van der Waals surface area contributed by atoms with Crippen LogP contribution in [-0.4, -0.2) is 35.1 Å². The molecule has 2 aliphatic carbocycles. The number of carbonyl (C=O) groups is 1. The summed E-state index contributed by atoms with van der Waals surface area (Å²) in [5.41, 5.74) is 0.729. The highest BCUT2D eigenvalue weighted by molar-refractivity contribution is 7.14. The number of thiophene rings is 1. The molecule has 1 heterocycles. The zero-order valence-electron chi connectivity index (χ0n) is 12.9. The van der Waals surface area contributed by atoms with Crippen LogP contribution in [-0.2, 0) is 12.8 Å². The summed E-state index contributed by atoms with van der Waals surface area (Å²) in [7, 11) is 1.82. The van der Waals surface area contributed by atoms with E-state index in [0.29, 0.717) is 6.54 Å².